The van der Waals surface area contributed by atoms with Gasteiger partial charge >= 0.3 is 5.97 Å². The molecule has 0 saturated carbocycles. The summed E-state index contributed by atoms with van der Waals surface area (Å²) in [6.07, 6.45) is 0. The number of amides is 1. The normalized spacial score (nSPS) is 10.7. The smallest absolute Gasteiger partial charge is 0.313 e. The van der Waals surface area contributed by atoms with Gasteiger partial charge in [0.25, 0.3) is 5.91 Å². The van der Waals surface area contributed by atoms with Crippen molar-refractivity contribution >= 4 is 62.5 Å². The monoisotopic (exact) mass is 378 g/mol. The van der Waals surface area contributed by atoms with Gasteiger partial charge in [0.2, 0.25) is 0 Å². The molecule has 0 aliphatic heterocycles. The minimum absolute atomic E-state index is 0.0318. The maximum atomic E-state index is 12.3. The van der Waals surface area contributed by atoms with E-state index in [0.717, 1.165) is 10.2 Å². The Morgan fingerprint density at radius 3 is 2.79 bits per heavy atom. The fourth-order valence-corrected chi connectivity index (χ4v) is 4.06. The van der Waals surface area contributed by atoms with Gasteiger partial charge in [-0.2, -0.15) is 0 Å². The van der Waals surface area contributed by atoms with Gasteiger partial charge in [-0.1, -0.05) is 35.5 Å². The standard InChI is InChI=1S/C16H11ClN2O3S2/c17-11-4-2-1-3-10(11)15(22)18-9-5-6-12-13(7-9)24-16(19-12)23-8-14(20)21/h1-7H,8H2,(H,18,22)(H,20,21). The van der Waals surface area contributed by atoms with Crippen LogP contribution in [-0.2, 0) is 4.79 Å². The van der Waals surface area contributed by atoms with Crippen molar-refractivity contribution in [3.05, 3.63) is 53.1 Å². The Morgan fingerprint density at radius 2 is 2.04 bits per heavy atom. The molecule has 0 radical (unpaired) electrons. The molecule has 24 heavy (non-hydrogen) atoms. The van der Waals surface area contributed by atoms with E-state index >= 15 is 0 Å². The lowest BCUT2D eigenvalue weighted by molar-refractivity contribution is -0.133. The van der Waals surface area contributed by atoms with Crippen LogP contribution >= 0.6 is 34.7 Å². The van der Waals surface area contributed by atoms with Crippen LogP contribution in [0, 0.1) is 0 Å². The molecule has 0 spiro atoms. The number of hydrogen-bond donors (Lipinski definition) is 2. The van der Waals surface area contributed by atoms with Crippen LogP contribution < -0.4 is 5.32 Å². The van der Waals surface area contributed by atoms with Gasteiger partial charge in [0.15, 0.2) is 4.34 Å². The van der Waals surface area contributed by atoms with Crippen molar-refractivity contribution in [3.63, 3.8) is 0 Å². The van der Waals surface area contributed by atoms with Gasteiger partial charge in [-0.3, -0.25) is 9.59 Å². The lowest BCUT2D eigenvalue weighted by Crippen LogP contribution is -2.12. The Hall–Kier alpha value is -2.09. The first-order valence-corrected chi connectivity index (χ1v) is 9.02. The molecule has 0 aliphatic carbocycles. The molecule has 3 rings (SSSR count). The molecule has 2 aromatic carbocycles. The van der Waals surface area contributed by atoms with Crippen LogP contribution in [0.4, 0.5) is 5.69 Å². The molecule has 1 aromatic heterocycles. The van der Waals surface area contributed by atoms with Crippen molar-refractivity contribution in [1.29, 1.82) is 0 Å². The lowest BCUT2D eigenvalue weighted by Gasteiger charge is -2.06. The summed E-state index contributed by atoms with van der Waals surface area (Å²) in [6.45, 7) is 0. The first kappa shape index (κ1) is 16.8. The molecule has 3 aromatic rings. The Morgan fingerprint density at radius 1 is 1.25 bits per heavy atom. The fourth-order valence-electron chi connectivity index (χ4n) is 2.01. The zero-order chi connectivity index (χ0) is 17.1. The van der Waals surface area contributed by atoms with E-state index in [2.05, 4.69) is 10.3 Å². The van der Waals surface area contributed by atoms with Crippen LogP contribution in [0.5, 0.6) is 0 Å². The van der Waals surface area contributed by atoms with Crippen LogP contribution in [0.15, 0.2) is 46.8 Å². The predicted octanol–water partition coefficient (Wildman–Crippen LogP) is 4.38. The van der Waals surface area contributed by atoms with E-state index in [9.17, 15) is 9.59 Å². The third kappa shape index (κ3) is 3.87. The summed E-state index contributed by atoms with van der Waals surface area (Å²) in [5, 5.41) is 11.9. The minimum Gasteiger partial charge on any atom is -0.481 e. The second kappa shape index (κ2) is 7.21. The maximum Gasteiger partial charge on any atom is 0.313 e. The van der Waals surface area contributed by atoms with Gasteiger partial charge in [0.1, 0.15) is 0 Å². The second-order valence-corrected chi connectivity index (χ2v) is 7.44. The number of aromatic nitrogens is 1. The van der Waals surface area contributed by atoms with E-state index in [1.165, 1.54) is 23.1 Å². The highest BCUT2D eigenvalue weighted by Crippen LogP contribution is 2.31. The molecule has 0 aliphatic rings. The quantitative estimate of drug-likeness (QED) is 0.644. The molecule has 0 atom stereocenters. The number of thiazole rings is 1. The van der Waals surface area contributed by atoms with E-state index in [1.54, 1.807) is 36.4 Å². The number of nitrogens with zero attached hydrogens (tertiary/aromatic N) is 1. The summed E-state index contributed by atoms with van der Waals surface area (Å²) in [6, 6.07) is 12.2. The number of anilines is 1. The molecule has 0 unspecified atom stereocenters. The van der Waals surface area contributed by atoms with Crippen molar-refractivity contribution in [1.82, 2.24) is 4.98 Å². The molecule has 8 heteroatoms. The number of benzene rings is 2. The van der Waals surface area contributed by atoms with Gasteiger partial charge in [-0.05, 0) is 30.3 Å². The number of carboxylic acid groups (broad SMARTS) is 1. The number of carboxylic acids is 1. The number of thioether (sulfide) groups is 1. The van der Waals surface area contributed by atoms with E-state index in [4.69, 9.17) is 16.7 Å². The van der Waals surface area contributed by atoms with Gasteiger partial charge < -0.3 is 10.4 Å². The molecular weight excluding hydrogens is 368 g/mol. The van der Waals surface area contributed by atoms with E-state index in [0.29, 0.717) is 20.6 Å². The number of nitrogens with one attached hydrogen (secondary N) is 1. The highest BCUT2D eigenvalue weighted by molar-refractivity contribution is 8.01. The predicted molar refractivity (Wildman–Crippen MR) is 97.4 cm³/mol. The summed E-state index contributed by atoms with van der Waals surface area (Å²) in [7, 11) is 0. The Bertz CT molecular complexity index is 927. The topological polar surface area (TPSA) is 79.3 Å². The van der Waals surface area contributed by atoms with Gasteiger partial charge in [0.05, 0.1) is 26.6 Å². The SMILES string of the molecule is O=C(O)CSc1nc2ccc(NC(=O)c3ccccc3Cl)cc2s1. The van der Waals surface area contributed by atoms with Crippen molar-refractivity contribution in [2.45, 2.75) is 4.34 Å². The van der Waals surface area contributed by atoms with Gasteiger partial charge in [-0.15, -0.1) is 11.3 Å². The molecule has 0 bridgehead atoms. The number of halogens is 1. The molecule has 2 N–H and O–H groups in total. The number of rotatable bonds is 5. The number of aliphatic carboxylic acids is 1. The number of carbonyl (C=O) groups is 2. The van der Waals surface area contributed by atoms with Gasteiger partial charge in [-0.25, -0.2) is 4.98 Å². The summed E-state index contributed by atoms with van der Waals surface area (Å²) in [5.74, 6) is -1.20. The Kier molecular flexibility index (Phi) is 5.03. The van der Waals surface area contributed by atoms with E-state index < -0.39 is 5.97 Å². The molecule has 0 saturated heterocycles. The second-order valence-electron chi connectivity index (χ2n) is 4.78. The molecule has 5 nitrogen and oxygen atoms in total. The fraction of sp³-hybridized carbons (Fsp3) is 0.0625. The largest absolute Gasteiger partial charge is 0.481 e. The number of hydrogen-bond acceptors (Lipinski definition) is 5. The third-order valence-corrected chi connectivity index (χ3v) is 5.54. The summed E-state index contributed by atoms with van der Waals surface area (Å²) in [4.78, 5) is 27.3. The third-order valence-electron chi connectivity index (χ3n) is 3.06. The zero-order valence-electron chi connectivity index (χ0n) is 12.2. The number of carbonyl (C=O) groups excluding carboxylic acids is 1. The molecule has 122 valence electrons. The molecule has 1 amide bonds. The van der Waals surface area contributed by atoms with Crippen LogP contribution in [0.3, 0.4) is 0 Å². The zero-order valence-corrected chi connectivity index (χ0v) is 14.5. The molecular formula is C16H11ClN2O3S2. The average Bonchev–Trinajstić information content (AvgIpc) is 2.95. The summed E-state index contributed by atoms with van der Waals surface area (Å²) < 4.78 is 1.56. The Labute approximate surface area is 150 Å². The number of fused-ring (bicyclic) bond motifs is 1. The van der Waals surface area contributed by atoms with Crippen molar-refractivity contribution in [3.8, 4) is 0 Å². The van der Waals surface area contributed by atoms with Crippen molar-refractivity contribution < 1.29 is 14.7 Å². The van der Waals surface area contributed by atoms with Crippen molar-refractivity contribution in [2.24, 2.45) is 0 Å². The first-order chi connectivity index (χ1) is 11.5. The van der Waals surface area contributed by atoms with E-state index in [-0.39, 0.29) is 11.7 Å². The highest BCUT2D eigenvalue weighted by atomic mass is 35.5. The lowest BCUT2D eigenvalue weighted by atomic mass is 10.2. The van der Waals surface area contributed by atoms with Crippen LogP contribution in [0.2, 0.25) is 5.02 Å². The summed E-state index contributed by atoms with van der Waals surface area (Å²) >= 11 is 8.59. The Balaban J connectivity index is 1.79. The minimum atomic E-state index is -0.882. The van der Waals surface area contributed by atoms with Crippen LogP contribution in [-0.4, -0.2) is 27.7 Å². The van der Waals surface area contributed by atoms with Crippen LogP contribution in [0.25, 0.3) is 10.2 Å². The van der Waals surface area contributed by atoms with Crippen LogP contribution in [0.1, 0.15) is 10.4 Å². The molecule has 0 fully saturated rings. The molecule has 1 heterocycles. The van der Waals surface area contributed by atoms with Gasteiger partial charge in [0, 0.05) is 5.69 Å². The van der Waals surface area contributed by atoms with Crippen molar-refractivity contribution in [2.75, 3.05) is 11.1 Å². The highest BCUT2D eigenvalue weighted by Gasteiger charge is 2.11. The van der Waals surface area contributed by atoms with E-state index in [1.807, 2.05) is 6.07 Å². The summed E-state index contributed by atoms with van der Waals surface area (Å²) in [5.41, 5.74) is 1.80. The average molecular weight is 379 g/mol. The first-order valence-electron chi connectivity index (χ1n) is 6.84. The maximum absolute atomic E-state index is 12.3.